The molecule has 1 aliphatic carbocycles. The van der Waals surface area contributed by atoms with Crippen LogP contribution in [0.1, 0.15) is 51.1 Å². The number of ether oxygens (including phenoxy) is 2. The molecule has 5 rings (SSSR count). The molecule has 1 aliphatic heterocycles. The maximum atomic E-state index is 13.5. The minimum Gasteiger partial charge on any atom is -0.346 e. The molecule has 0 bridgehead atoms. The zero-order valence-electron chi connectivity index (χ0n) is 19.2. The Morgan fingerprint density at radius 3 is 2.38 bits per heavy atom. The maximum absolute atomic E-state index is 13.5. The van der Waals surface area contributed by atoms with Gasteiger partial charge >= 0.3 is 0 Å². The lowest BCUT2D eigenvalue weighted by Crippen LogP contribution is -2.57. The number of nitrogens with one attached hydrogen (secondary N) is 2. The van der Waals surface area contributed by atoms with E-state index >= 15 is 0 Å². The van der Waals surface area contributed by atoms with Crippen molar-refractivity contribution in [2.24, 2.45) is 5.92 Å². The summed E-state index contributed by atoms with van der Waals surface area (Å²) in [4.78, 5) is 24.9. The first kappa shape index (κ1) is 22.7. The third-order valence-electron chi connectivity index (χ3n) is 6.54. The van der Waals surface area contributed by atoms with E-state index in [-0.39, 0.29) is 17.6 Å². The summed E-state index contributed by atoms with van der Waals surface area (Å²) in [5.41, 5.74) is 2.53. The Labute approximate surface area is 198 Å². The average molecular weight is 465 g/mol. The molecule has 34 heavy (non-hydrogen) atoms. The lowest BCUT2D eigenvalue weighted by Gasteiger charge is -2.38. The number of carbonyl (C=O) groups excluding carboxylic acids is 1. The van der Waals surface area contributed by atoms with Crippen LogP contribution in [0, 0.1) is 11.7 Å². The van der Waals surface area contributed by atoms with Crippen molar-refractivity contribution in [2.45, 2.75) is 50.9 Å². The van der Waals surface area contributed by atoms with E-state index in [1.807, 2.05) is 19.1 Å². The molecule has 0 unspecified atom stereocenters. The van der Waals surface area contributed by atoms with Crippen LogP contribution < -0.4 is 5.32 Å². The number of amides is 1. The average Bonchev–Trinajstić information content (AvgIpc) is 3.31. The number of rotatable bonds is 5. The van der Waals surface area contributed by atoms with E-state index in [4.69, 9.17) is 14.5 Å². The molecule has 1 aromatic carbocycles. The van der Waals surface area contributed by atoms with Gasteiger partial charge in [0.2, 0.25) is 12.2 Å². The van der Waals surface area contributed by atoms with Crippen LogP contribution in [0.4, 0.5) is 4.39 Å². The highest BCUT2D eigenvalue weighted by Gasteiger charge is 2.37. The molecule has 1 amide bonds. The summed E-state index contributed by atoms with van der Waals surface area (Å²) in [5.74, 6) is 0.379. The summed E-state index contributed by atoms with van der Waals surface area (Å²) < 4.78 is 25.5. The van der Waals surface area contributed by atoms with Crippen LogP contribution in [0.5, 0.6) is 0 Å². The van der Waals surface area contributed by atoms with Gasteiger partial charge in [-0.3, -0.25) is 9.78 Å². The fourth-order valence-corrected chi connectivity index (χ4v) is 4.65. The van der Waals surface area contributed by atoms with E-state index in [0.717, 1.165) is 42.5 Å². The van der Waals surface area contributed by atoms with Crippen molar-refractivity contribution >= 4 is 5.91 Å². The number of hydrogen-bond acceptors (Lipinski definition) is 5. The summed E-state index contributed by atoms with van der Waals surface area (Å²) in [6.07, 6.45) is 8.04. The quantitative estimate of drug-likeness (QED) is 0.567. The number of halogens is 1. The molecule has 1 saturated heterocycles. The second-order valence-electron chi connectivity index (χ2n) is 9.43. The highest BCUT2D eigenvalue weighted by molar-refractivity contribution is 5.79. The molecule has 1 saturated carbocycles. The molecule has 2 fully saturated rings. The van der Waals surface area contributed by atoms with E-state index in [0.29, 0.717) is 24.7 Å². The molecule has 3 heterocycles. The minimum absolute atomic E-state index is 0.0783. The van der Waals surface area contributed by atoms with E-state index in [1.54, 1.807) is 24.5 Å². The fourth-order valence-electron chi connectivity index (χ4n) is 4.65. The van der Waals surface area contributed by atoms with Crippen LogP contribution in [0.2, 0.25) is 0 Å². The summed E-state index contributed by atoms with van der Waals surface area (Å²) in [7, 11) is 0. The number of pyridine rings is 1. The molecule has 0 radical (unpaired) electrons. The van der Waals surface area contributed by atoms with Crippen LogP contribution in [-0.2, 0) is 14.3 Å². The fraction of sp³-hybridized carbons (Fsp3) is 0.423. The molecule has 3 aromatic rings. The predicted octanol–water partition coefficient (Wildman–Crippen LogP) is 4.78. The first-order valence-electron chi connectivity index (χ1n) is 11.8. The zero-order valence-corrected chi connectivity index (χ0v) is 19.2. The number of aromatic nitrogens is 3. The monoisotopic (exact) mass is 464 g/mol. The van der Waals surface area contributed by atoms with Crippen LogP contribution in [0.3, 0.4) is 0 Å². The Kier molecular flexibility index (Phi) is 6.43. The molecule has 2 aliphatic rings. The van der Waals surface area contributed by atoms with Crippen molar-refractivity contribution in [3.8, 4) is 22.5 Å². The maximum Gasteiger partial charge on any atom is 0.223 e. The standard InChI is InChI=1S/C26H29FN4O3/c1-26(31-24(32)19-5-3-2-4-6-19)15-33-25(34-16-26)23-29-21(17-7-9-20(27)10-8-17)22(30-23)18-11-13-28-14-12-18/h7-14,19,25H,2-6,15-16H2,1H3,(H,29,30)(H,31,32). The Morgan fingerprint density at radius 1 is 1.03 bits per heavy atom. The lowest BCUT2D eigenvalue weighted by atomic mass is 9.88. The number of benzene rings is 1. The number of aromatic amines is 1. The van der Waals surface area contributed by atoms with Gasteiger partial charge in [-0.05, 0) is 56.2 Å². The van der Waals surface area contributed by atoms with Gasteiger partial charge in [-0.15, -0.1) is 0 Å². The molecular formula is C26H29FN4O3. The predicted molar refractivity (Wildman–Crippen MR) is 125 cm³/mol. The van der Waals surface area contributed by atoms with Crippen LogP contribution in [-0.4, -0.2) is 39.6 Å². The number of H-pyrrole nitrogens is 1. The van der Waals surface area contributed by atoms with Crippen molar-refractivity contribution in [1.29, 1.82) is 0 Å². The van der Waals surface area contributed by atoms with E-state index in [2.05, 4.69) is 15.3 Å². The number of imidazole rings is 1. The van der Waals surface area contributed by atoms with Crippen LogP contribution in [0.25, 0.3) is 22.5 Å². The number of nitrogens with zero attached hydrogens (tertiary/aromatic N) is 2. The Hall–Kier alpha value is -3.10. The SMILES string of the molecule is CC1(NC(=O)C2CCCCC2)COC(c2nc(-c3ccc(F)cc3)c(-c3ccncc3)[nH]2)OC1. The van der Waals surface area contributed by atoms with Gasteiger partial charge in [0.05, 0.1) is 30.1 Å². The summed E-state index contributed by atoms with van der Waals surface area (Å²) in [6, 6.07) is 9.97. The Morgan fingerprint density at radius 2 is 1.71 bits per heavy atom. The third kappa shape index (κ3) is 4.88. The summed E-state index contributed by atoms with van der Waals surface area (Å²) in [6.45, 7) is 2.57. The molecular weight excluding hydrogens is 435 g/mol. The van der Waals surface area contributed by atoms with E-state index in [9.17, 15) is 9.18 Å². The van der Waals surface area contributed by atoms with Gasteiger partial charge in [-0.1, -0.05) is 19.3 Å². The highest BCUT2D eigenvalue weighted by Crippen LogP contribution is 2.34. The molecule has 2 aromatic heterocycles. The summed E-state index contributed by atoms with van der Waals surface area (Å²) in [5, 5.41) is 3.15. The van der Waals surface area contributed by atoms with Crippen LogP contribution in [0.15, 0.2) is 48.8 Å². The third-order valence-corrected chi connectivity index (χ3v) is 6.54. The van der Waals surface area contributed by atoms with Gasteiger partial charge < -0.3 is 19.8 Å². The lowest BCUT2D eigenvalue weighted by molar-refractivity contribution is -0.218. The van der Waals surface area contributed by atoms with E-state index in [1.165, 1.54) is 18.6 Å². The molecule has 0 spiro atoms. The topological polar surface area (TPSA) is 89.1 Å². The van der Waals surface area contributed by atoms with E-state index < -0.39 is 11.8 Å². The summed E-state index contributed by atoms with van der Waals surface area (Å²) >= 11 is 0. The van der Waals surface area contributed by atoms with Crippen molar-refractivity contribution in [3.05, 3.63) is 60.4 Å². The largest absolute Gasteiger partial charge is 0.346 e. The molecule has 8 heteroatoms. The van der Waals surface area contributed by atoms with Crippen molar-refractivity contribution in [3.63, 3.8) is 0 Å². The minimum atomic E-state index is -0.700. The molecule has 7 nitrogen and oxygen atoms in total. The zero-order chi connectivity index (χ0) is 23.5. The van der Waals surface area contributed by atoms with Crippen molar-refractivity contribution < 1.29 is 18.7 Å². The van der Waals surface area contributed by atoms with Gasteiger partial charge in [0.15, 0.2) is 5.82 Å². The van der Waals surface area contributed by atoms with Crippen molar-refractivity contribution in [1.82, 2.24) is 20.3 Å². The number of hydrogen-bond donors (Lipinski definition) is 2. The Balaban J connectivity index is 1.33. The van der Waals surface area contributed by atoms with Gasteiger partial charge in [0.1, 0.15) is 5.82 Å². The normalized spacial score (nSPS) is 23.5. The van der Waals surface area contributed by atoms with Crippen LogP contribution >= 0.6 is 0 Å². The van der Waals surface area contributed by atoms with Gasteiger partial charge in [0.25, 0.3) is 0 Å². The second kappa shape index (κ2) is 9.64. The molecule has 2 N–H and O–H groups in total. The smallest absolute Gasteiger partial charge is 0.223 e. The first-order valence-corrected chi connectivity index (χ1v) is 11.8. The van der Waals surface area contributed by atoms with Gasteiger partial charge in [-0.25, -0.2) is 9.37 Å². The molecule has 0 atom stereocenters. The van der Waals surface area contributed by atoms with Crippen molar-refractivity contribution in [2.75, 3.05) is 13.2 Å². The number of carbonyl (C=O) groups is 1. The molecule has 178 valence electrons. The first-order chi connectivity index (χ1) is 16.5. The van der Waals surface area contributed by atoms with Gasteiger partial charge in [0, 0.05) is 29.4 Å². The highest BCUT2D eigenvalue weighted by atomic mass is 19.1. The van der Waals surface area contributed by atoms with Gasteiger partial charge in [-0.2, -0.15) is 0 Å². The second-order valence-corrected chi connectivity index (χ2v) is 9.43. The Bertz CT molecular complexity index is 1120.